The van der Waals surface area contributed by atoms with Gasteiger partial charge in [0.1, 0.15) is 0 Å². The first-order valence-corrected chi connectivity index (χ1v) is 8.11. The number of likely N-dealkylation sites (tertiary alicyclic amines) is 1. The van der Waals surface area contributed by atoms with E-state index in [1.54, 1.807) is 17.0 Å². The number of carbonyl (C=O) groups excluding carboxylic acids is 1. The zero-order valence-corrected chi connectivity index (χ0v) is 14.0. The van der Waals surface area contributed by atoms with Crippen LogP contribution in [-0.2, 0) is 0 Å². The molecular formula is C16H13ClF2N4O3. The Kier molecular flexibility index (Phi) is 3.85. The zero-order chi connectivity index (χ0) is 18.5. The van der Waals surface area contributed by atoms with Crippen LogP contribution < -0.4 is 20.3 Å². The number of nitrogens with two attached hydrogens (primary N) is 1. The number of amides is 2. The van der Waals surface area contributed by atoms with Crippen molar-refractivity contribution in [3.05, 3.63) is 35.5 Å². The maximum atomic E-state index is 13.2. The van der Waals surface area contributed by atoms with Crippen LogP contribution in [0, 0.1) is 0 Å². The van der Waals surface area contributed by atoms with E-state index in [1.807, 2.05) is 0 Å². The number of hydrazine groups is 1. The number of hydrogen-bond acceptors (Lipinski definition) is 5. The number of ether oxygens (including phenoxy) is 2. The van der Waals surface area contributed by atoms with Gasteiger partial charge in [0, 0.05) is 36.5 Å². The Morgan fingerprint density at radius 1 is 1.27 bits per heavy atom. The van der Waals surface area contributed by atoms with Crippen molar-refractivity contribution >= 4 is 23.4 Å². The van der Waals surface area contributed by atoms with Gasteiger partial charge in [-0.15, -0.1) is 8.78 Å². The Bertz CT molecular complexity index is 875. The van der Waals surface area contributed by atoms with Crippen LogP contribution in [0.25, 0.3) is 11.1 Å². The van der Waals surface area contributed by atoms with E-state index in [-0.39, 0.29) is 28.4 Å². The third-order valence-corrected chi connectivity index (χ3v) is 4.44. The van der Waals surface area contributed by atoms with Crippen molar-refractivity contribution in [2.75, 3.05) is 18.1 Å². The number of aromatic nitrogens is 1. The van der Waals surface area contributed by atoms with Gasteiger partial charge in [0.05, 0.1) is 5.02 Å². The molecule has 1 aromatic heterocycles. The molecule has 0 aliphatic carbocycles. The quantitative estimate of drug-likeness (QED) is 0.490. The van der Waals surface area contributed by atoms with Crippen LogP contribution in [0.15, 0.2) is 30.5 Å². The number of pyridine rings is 1. The molecule has 1 aromatic carbocycles. The second kappa shape index (κ2) is 5.96. The molecule has 2 amide bonds. The number of nitrogens with zero attached hydrogens (tertiary/aromatic N) is 3. The predicted molar refractivity (Wildman–Crippen MR) is 89.1 cm³/mol. The molecule has 136 valence electrons. The van der Waals surface area contributed by atoms with Crippen LogP contribution >= 0.6 is 11.6 Å². The highest BCUT2D eigenvalue weighted by Gasteiger charge is 2.43. The predicted octanol–water partition coefficient (Wildman–Crippen LogP) is 3.23. The molecule has 7 nitrogen and oxygen atoms in total. The van der Waals surface area contributed by atoms with Crippen molar-refractivity contribution in [1.29, 1.82) is 0 Å². The fraction of sp³-hybridized carbons (Fsp3) is 0.250. The molecule has 10 heteroatoms. The van der Waals surface area contributed by atoms with E-state index in [9.17, 15) is 13.6 Å². The van der Waals surface area contributed by atoms with Crippen LogP contribution in [0.4, 0.5) is 19.4 Å². The lowest BCUT2D eigenvalue weighted by molar-refractivity contribution is -0.286. The Morgan fingerprint density at radius 3 is 2.54 bits per heavy atom. The molecule has 2 N–H and O–H groups in total. The number of benzene rings is 1. The lowest BCUT2D eigenvalue weighted by Crippen LogP contribution is -2.52. The van der Waals surface area contributed by atoms with Crippen molar-refractivity contribution in [2.45, 2.75) is 12.7 Å². The first-order valence-electron chi connectivity index (χ1n) is 7.73. The summed E-state index contributed by atoms with van der Waals surface area (Å²) < 4.78 is 35.1. The Labute approximate surface area is 151 Å². The van der Waals surface area contributed by atoms with Crippen LogP contribution in [-0.4, -0.2) is 35.3 Å². The molecule has 26 heavy (non-hydrogen) atoms. The van der Waals surface area contributed by atoms with Crippen molar-refractivity contribution in [3.63, 3.8) is 0 Å². The SMILES string of the molecule is NN(C(=O)N1CCC1)c1ccc(-c2cc3c(cc2Cl)OC(F)(F)O3)cn1. The van der Waals surface area contributed by atoms with E-state index in [0.29, 0.717) is 24.2 Å². The molecule has 2 aliphatic heterocycles. The minimum Gasteiger partial charge on any atom is -0.395 e. The number of fused-ring (bicyclic) bond motifs is 1. The average Bonchev–Trinajstić information content (AvgIpc) is 2.84. The highest BCUT2D eigenvalue weighted by atomic mass is 35.5. The van der Waals surface area contributed by atoms with Gasteiger partial charge in [-0.1, -0.05) is 11.6 Å². The molecule has 4 rings (SSSR count). The van der Waals surface area contributed by atoms with Crippen LogP contribution in [0.5, 0.6) is 11.5 Å². The summed E-state index contributed by atoms with van der Waals surface area (Å²) in [4.78, 5) is 17.8. The second-order valence-electron chi connectivity index (χ2n) is 5.84. The summed E-state index contributed by atoms with van der Waals surface area (Å²) in [6.45, 7) is 1.34. The van der Waals surface area contributed by atoms with E-state index >= 15 is 0 Å². The molecule has 0 bridgehead atoms. The van der Waals surface area contributed by atoms with E-state index in [4.69, 9.17) is 17.4 Å². The molecule has 1 fully saturated rings. The van der Waals surface area contributed by atoms with Crippen molar-refractivity contribution in [2.24, 2.45) is 5.84 Å². The topological polar surface area (TPSA) is 80.9 Å². The van der Waals surface area contributed by atoms with Crippen molar-refractivity contribution in [1.82, 2.24) is 9.88 Å². The van der Waals surface area contributed by atoms with Crippen LogP contribution in [0.1, 0.15) is 6.42 Å². The molecular weight excluding hydrogens is 370 g/mol. The largest absolute Gasteiger partial charge is 0.586 e. The number of rotatable bonds is 2. The summed E-state index contributed by atoms with van der Waals surface area (Å²) >= 11 is 6.15. The number of alkyl halides is 2. The average molecular weight is 383 g/mol. The third kappa shape index (κ3) is 2.89. The number of anilines is 1. The normalized spacial score (nSPS) is 17.0. The molecule has 3 heterocycles. The van der Waals surface area contributed by atoms with Gasteiger partial charge >= 0.3 is 12.3 Å². The number of halogens is 3. The first kappa shape index (κ1) is 16.8. The molecule has 0 atom stereocenters. The van der Waals surface area contributed by atoms with Crippen molar-refractivity contribution < 1.29 is 23.0 Å². The maximum absolute atomic E-state index is 13.2. The molecule has 0 unspecified atom stereocenters. The van der Waals surface area contributed by atoms with E-state index in [2.05, 4.69) is 14.5 Å². The lowest BCUT2D eigenvalue weighted by Gasteiger charge is -2.33. The van der Waals surface area contributed by atoms with Gasteiger partial charge in [0.2, 0.25) is 0 Å². The lowest BCUT2D eigenvalue weighted by atomic mass is 10.1. The highest BCUT2D eigenvalue weighted by molar-refractivity contribution is 6.33. The smallest absolute Gasteiger partial charge is 0.395 e. The fourth-order valence-corrected chi connectivity index (χ4v) is 2.90. The number of urea groups is 1. The number of carbonyl (C=O) groups is 1. The standard InChI is InChI=1S/C16H13ClF2N4O3/c17-11-7-13-12(25-16(18,19)26-13)6-10(11)9-2-3-14(21-8-9)23(20)15(24)22-4-1-5-22/h2-3,6-8H,1,4-5,20H2. The molecule has 0 spiro atoms. The molecule has 1 saturated heterocycles. The van der Waals surface area contributed by atoms with Crippen LogP contribution in [0.2, 0.25) is 5.02 Å². The van der Waals surface area contributed by atoms with Crippen LogP contribution in [0.3, 0.4) is 0 Å². The third-order valence-electron chi connectivity index (χ3n) is 4.13. The Balaban J connectivity index is 1.59. The van der Waals surface area contributed by atoms with Gasteiger partial charge in [0.25, 0.3) is 0 Å². The van der Waals surface area contributed by atoms with E-state index in [1.165, 1.54) is 18.3 Å². The minimum atomic E-state index is -3.72. The molecule has 2 aromatic rings. The summed E-state index contributed by atoms with van der Waals surface area (Å²) in [5.41, 5.74) is 0.980. The fourth-order valence-electron chi connectivity index (χ4n) is 2.64. The van der Waals surface area contributed by atoms with Gasteiger partial charge in [-0.25, -0.2) is 20.6 Å². The highest BCUT2D eigenvalue weighted by Crippen LogP contribution is 2.46. The minimum absolute atomic E-state index is 0.119. The van der Waals surface area contributed by atoms with Gasteiger partial charge in [-0.05, 0) is 24.6 Å². The first-order chi connectivity index (χ1) is 12.3. The van der Waals surface area contributed by atoms with Gasteiger partial charge in [-0.2, -0.15) is 0 Å². The summed E-state index contributed by atoms with van der Waals surface area (Å²) in [6, 6.07) is 5.44. The van der Waals surface area contributed by atoms with E-state index < -0.39 is 6.29 Å². The van der Waals surface area contributed by atoms with E-state index in [0.717, 1.165) is 11.4 Å². The number of hydrogen-bond donors (Lipinski definition) is 1. The van der Waals surface area contributed by atoms with Gasteiger partial charge in [0.15, 0.2) is 17.3 Å². The summed E-state index contributed by atoms with van der Waals surface area (Å²) in [7, 11) is 0. The van der Waals surface area contributed by atoms with Gasteiger partial charge in [-0.3, -0.25) is 0 Å². The summed E-state index contributed by atoms with van der Waals surface area (Å²) in [5, 5.41) is 1.16. The Morgan fingerprint density at radius 2 is 1.96 bits per heavy atom. The second-order valence-corrected chi connectivity index (χ2v) is 6.25. The van der Waals surface area contributed by atoms with Gasteiger partial charge < -0.3 is 14.4 Å². The zero-order valence-electron chi connectivity index (χ0n) is 13.3. The molecule has 0 saturated carbocycles. The molecule has 2 aliphatic rings. The molecule has 0 radical (unpaired) electrons. The summed E-state index contributed by atoms with van der Waals surface area (Å²) in [5.74, 6) is 5.81. The summed E-state index contributed by atoms with van der Waals surface area (Å²) in [6.07, 6.45) is -1.32. The maximum Gasteiger partial charge on any atom is 0.586 e. The Hall–Kier alpha value is -2.65. The van der Waals surface area contributed by atoms with Crippen molar-refractivity contribution in [3.8, 4) is 22.6 Å². The monoisotopic (exact) mass is 382 g/mol.